The van der Waals surface area contributed by atoms with Crippen molar-refractivity contribution < 1.29 is 9.53 Å². The van der Waals surface area contributed by atoms with Gasteiger partial charge in [0.05, 0.1) is 24.0 Å². The minimum atomic E-state index is -0.112. The van der Waals surface area contributed by atoms with E-state index < -0.39 is 0 Å². The molecule has 2 aromatic heterocycles. The number of ether oxygens (including phenoxy) is 1. The van der Waals surface area contributed by atoms with E-state index in [0.29, 0.717) is 43.5 Å². The Kier molecular flexibility index (Phi) is 5.68. The van der Waals surface area contributed by atoms with Gasteiger partial charge in [0.2, 0.25) is 0 Å². The van der Waals surface area contributed by atoms with Gasteiger partial charge < -0.3 is 14.5 Å². The Balaban J connectivity index is 1.22. The van der Waals surface area contributed by atoms with Gasteiger partial charge in [-0.3, -0.25) is 9.48 Å². The molecule has 0 fully saturated rings. The highest BCUT2D eigenvalue weighted by atomic mass is 35.5. The zero-order valence-electron chi connectivity index (χ0n) is 20.3. The maximum atomic E-state index is 13.6. The second kappa shape index (κ2) is 9.02. The van der Waals surface area contributed by atoms with Gasteiger partial charge in [0, 0.05) is 44.5 Å². The standard InChI is InChI=1S/C27H27ClN6O2/c1-31-16-20(17-36-24-14-19(8-9-23(24)31)22-11-12-32(2)29-22)33-13-10-21-25(27(33)35)30-34(26(21)28)15-18-6-4-3-5-7-18/h3-9,11-12,14,20H,10,13,15-17H2,1-2H3/t20-/m0/s1. The van der Waals surface area contributed by atoms with Crippen LogP contribution >= 0.6 is 11.6 Å². The van der Waals surface area contributed by atoms with Crippen molar-refractivity contribution in [1.82, 2.24) is 24.5 Å². The summed E-state index contributed by atoms with van der Waals surface area (Å²) in [6.07, 6.45) is 2.60. The van der Waals surface area contributed by atoms with Gasteiger partial charge in [0.25, 0.3) is 5.91 Å². The fourth-order valence-electron chi connectivity index (χ4n) is 5.07. The van der Waals surface area contributed by atoms with Gasteiger partial charge in [-0.25, -0.2) is 4.68 Å². The minimum absolute atomic E-state index is 0.0907. The zero-order chi connectivity index (χ0) is 24.8. The second-order valence-corrected chi connectivity index (χ2v) is 9.77. The molecule has 0 saturated carbocycles. The fourth-order valence-corrected chi connectivity index (χ4v) is 5.35. The average Bonchev–Trinajstić information content (AvgIpc) is 3.41. The van der Waals surface area contributed by atoms with Gasteiger partial charge in [-0.05, 0) is 30.2 Å². The molecular formula is C27H27ClN6O2. The average molecular weight is 503 g/mol. The molecule has 4 aromatic rings. The number of anilines is 1. The van der Waals surface area contributed by atoms with Gasteiger partial charge >= 0.3 is 0 Å². The van der Waals surface area contributed by atoms with E-state index in [1.165, 1.54) is 0 Å². The summed E-state index contributed by atoms with van der Waals surface area (Å²) in [6.45, 7) is 2.18. The van der Waals surface area contributed by atoms with Crippen molar-refractivity contribution in [3.05, 3.63) is 82.8 Å². The van der Waals surface area contributed by atoms with Crippen LogP contribution in [0.1, 0.15) is 21.6 Å². The van der Waals surface area contributed by atoms with Gasteiger partial charge in [0.15, 0.2) is 5.69 Å². The lowest BCUT2D eigenvalue weighted by atomic mass is 10.0. The number of benzene rings is 2. The molecule has 0 radical (unpaired) electrons. The van der Waals surface area contributed by atoms with Crippen LogP contribution in [0.3, 0.4) is 0 Å². The summed E-state index contributed by atoms with van der Waals surface area (Å²) in [5.74, 6) is 0.704. The number of amides is 1. The molecule has 9 heteroatoms. The molecule has 36 heavy (non-hydrogen) atoms. The second-order valence-electron chi connectivity index (χ2n) is 9.41. The van der Waals surface area contributed by atoms with Crippen LogP contribution in [0.4, 0.5) is 5.69 Å². The lowest BCUT2D eigenvalue weighted by Gasteiger charge is -2.34. The third-order valence-electron chi connectivity index (χ3n) is 6.96. The van der Waals surface area contributed by atoms with Crippen molar-refractivity contribution in [3.8, 4) is 17.0 Å². The molecule has 184 valence electrons. The number of carbonyl (C=O) groups excluding carboxylic acids is 1. The Hall–Kier alpha value is -3.78. The molecule has 6 rings (SSSR count). The first-order chi connectivity index (χ1) is 17.5. The molecule has 0 spiro atoms. The van der Waals surface area contributed by atoms with Crippen molar-refractivity contribution >= 4 is 23.2 Å². The van der Waals surface area contributed by atoms with E-state index in [1.807, 2.05) is 67.7 Å². The first kappa shape index (κ1) is 22.7. The number of likely N-dealkylation sites (N-methyl/N-ethyl adjacent to an activating group) is 1. The summed E-state index contributed by atoms with van der Waals surface area (Å²) in [5.41, 5.74) is 5.26. The summed E-state index contributed by atoms with van der Waals surface area (Å²) in [7, 11) is 3.94. The number of aryl methyl sites for hydroxylation is 1. The van der Waals surface area contributed by atoms with Crippen molar-refractivity contribution in [2.45, 2.75) is 19.0 Å². The SMILES string of the molecule is CN1C[C@H](N2CCc3c(nn(Cc4ccccc4)c3Cl)C2=O)COc2cc(-c3ccn(C)n3)ccc21. The lowest BCUT2D eigenvalue weighted by molar-refractivity contribution is 0.0604. The molecule has 0 bridgehead atoms. The Morgan fingerprint density at radius 1 is 1.08 bits per heavy atom. The molecule has 0 saturated heterocycles. The third kappa shape index (κ3) is 4.01. The van der Waals surface area contributed by atoms with E-state index in [9.17, 15) is 4.79 Å². The molecule has 2 aliphatic heterocycles. The largest absolute Gasteiger partial charge is 0.489 e. The van der Waals surface area contributed by atoms with E-state index in [1.54, 1.807) is 9.36 Å². The molecule has 0 N–H and O–H groups in total. The number of fused-ring (bicyclic) bond motifs is 2. The van der Waals surface area contributed by atoms with E-state index in [-0.39, 0.29) is 11.9 Å². The summed E-state index contributed by atoms with van der Waals surface area (Å²) in [4.78, 5) is 17.6. The van der Waals surface area contributed by atoms with Gasteiger partial charge in [0.1, 0.15) is 17.5 Å². The summed E-state index contributed by atoms with van der Waals surface area (Å²) < 4.78 is 9.79. The molecule has 0 aliphatic carbocycles. The van der Waals surface area contributed by atoms with Gasteiger partial charge in [-0.1, -0.05) is 48.0 Å². The minimum Gasteiger partial charge on any atom is -0.489 e. The number of hydrogen-bond acceptors (Lipinski definition) is 5. The highest BCUT2D eigenvalue weighted by Gasteiger charge is 2.36. The Bertz CT molecular complexity index is 1430. The van der Waals surface area contributed by atoms with E-state index in [2.05, 4.69) is 27.2 Å². The van der Waals surface area contributed by atoms with E-state index in [0.717, 1.165) is 33.8 Å². The van der Waals surface area contributed by atoms with Gasteiger partial charge in [-0.2, -0.15) is 10.2 Å². The number of hydrogen-bond donors (Lipinski definition) is 0. The van der Waals surface area contributed by atoms with Crippen LogP contribution < -0.4 is 9.64 Å². The van der Waals surface area contributed by atoms with Gasteiger partial charge in [-0.15, -0.1) is 0 Å². The summed E-state index contributed by atoms with van der Waals surface area (Å²) in [5, 5.41) is 9.68. The summed E-state index contributed by atoms with van der Waals surface area (Å²) >= 11 is 6.66. The topological polar surface area (TPSA) is 68.4 Å². The summed E-state index contributed by atoms with van der Waals surface area (Å²) in [6, 6.07) is 18.0. The molecular weight excluding hydrogens is 476 g/mol. The predicted molar refractivity (Wildman–Crippen MR) is 139 cm³/mol. The van der Waals surface area contributed by atoms with Crippen LogP contribution in [0.15, 0.2) is 60.8 Å². The smallest absolute Gasteiger partial charge is 0.275 e. The number of nitrogens with zero attached hydrogens (tertiary/aromatic N) is 6. The maximum Gasteiger partial charge on any atom is 0.275 e. The van der Waals surface area contributed by atoms with Crippen molar-refractivity contribution in [3.63, 3.8) is 0 Å². The number of rotatable bonds is 4. The van der Waals surface area contributed by atoms with Crippen LogP contribution in [0, 0.1) is 0 Å². The van der Waals surface area contributed by atoms with Crippen LogP contribution in [0.25, 0.3) is 11.3 Å². The molecule has 2 aromatic carbocycles. The van der Waals surface area contributed by atoms with Crippen LogP contribution in [-0.4, -0.2) is 63.2 Å². The maximum absolute atomic E-state index is 13.6. The first-order valence-corrected chi connectivity index (χ1v) is 12.4. The van der Waals surface area contributed by atoms with Crippen molar-refractivity contribution in [2.24, 2.45) is 7.05 Å². The van der Waals surface area contributed by atoms with Crippen LogP contribution in [0.2, 0.25) is 5.15 Å². The Morgan fingerprint density at radius 3 is 2.69 bits per heavy atom. The monoisotopic (exact) mass is 502 g/mol. The predicted octanol–water partition coefficient (Wildman–Crippen LogP) is 3.88. The fraction of sp³-hybridized carbons (Fsp3) is 0.296. The lowest BCUT2D eigenvalue weighted by Crippen LogP contribution is -2.51. The highest BCUT2D eigenvalue weighted by Crippen LogP contribution is 2.35. The number of aromatic nitrogens is 4. The van der Waals surface area contributed by atoms with Crippen LogP contribution in [-0.2, 0) is 20.0 Å². The molecule has 8 nitrogen and oxygen atoms in total. The van der Waals surface area contributed by atoms with Crippen molar-refractivity contribution in [2.75, 3.05) is 31.6 Å². The molecule has 1 amide bonds. The first-order valence-electron chi connectivity index (χ1n) is 12.1. The van der Waals surface area contributed by atoms with E-state index >= 15 is 0 Å². The van der Waals surface area contributed by atoms with E-state index in [4.69, 9.17) is 16.3 Å². The molecule has 2 aliphatic rings. The Morgan fingerprint density at radius 2 is 1.92 bits per heavy atom. The third-order valence-corrected chi connectivity index (χ3v) is 7.38. The normalized spacial score (nSPS) is 17.4. The molecule has 4 heterocycles. The highest BCUT2D eigenvalue weighted by molar-refractivity contribution is 6.31. The molecule has 0 unspecified atom stereocenters. The molecule has 1 atom stereocenters. The number of halogens is 1. The van der Waals surface area contributed by atoms with Crippen molar-refractivity contribution in [1.29, 1.82) is 0 Å². The Labute approximate surface area is 214 Å². The quantitative estimate of drug-likeness (QED) is 0.423. The zero-order valence-corrected chi connectivity index (χ0v) is 21.0. The number of carbonyl (C=O) groups is 1. The van der Waals surface area contributed by atoms with Crippen LogP contribution in [0.5, 0.6) is 5.75 Å².